The zero-order valence-electron chi connectivity index (χ0n) is 10.4. The summed E-state index contributed by atoms with van der Waals surface area (Å²) < 4.78 is 28.1. The average Bonchev–Trinajstić information content (AvgIpc) is 2.71. The van der Waals surface area contributed by atoms with Gasteiger partial charge in [-0.3, -0.25) is 4.79 Å². The van der Waals surface area contributed by atoms with Gasteiger partial charge in [0.1, 0.15) is 0 Å². The van der Waals surface area contributed by atoms with E-state index >= 15 is 0 Å². The Morgan fingerprint density at radius 3 is 2.84 bits per heavy atom. The molecule has 0 bridgehead atoms. The van der Waals surface area contributed by atoms with Crippen molar-refractivity contribution in [2.24, 2.45) is 5.92 Å². The van der Waals surface area contributed by atoms with Crippen LogP contribution >= 0.6 is 0 Å². The second-order valence-corrected chi connectivity index (χ2v) is 6.55. The topological polar surface area (TPSA) is 127 Å². The highest BCUT2D eigenvalue weighted by Crippen LogP contribution is 2.32. The van der Waals surface area contributed by atoms with E-state index < -0.39 is 21.7 Å². The number of nitrogens with zero attached hydrogens (tertiary/aromatic N) is 2. The first kappa shape index (κ1) is 13.7. The molecule has 1 fully saturated rings. The maximum atomic E-state index is 11.7. The van der Waals surface area contributed by atoms with E-state index in [-0.39, 0.29) is 23.1 Å². The molecule has 9 heteroatoms. The van der Waals surface area contributed by atoms with Crippen molar-refractivity contribution in [2.75, 3.05) is 30.0 Å². The van der Waals surface area contributed by atoms with Crippen molar-refractivity contribution in [3.8, 4) is 0 Å². The molecule has 3 N–H and O–H groups in total. The highest BCUT2D eigenvalue weighted by atomic mass is 32.2. The zero-order chi connectivity index (χ0) is 14.2. The summed E-state index contributed by atoms with van der Waals surface area (Å²) in [4.78, 5) is 12.4. The molecule has 1 aromatic rings. The molecule has 0 aliphatic carbocycles. The minimum atomic E-state index is -3.58. The van der Waals surface area contributed by atoms with Crippen molar-refractivity contribution >= 4 is 27.5 Å². The van der Waals surface area contributed by atoms with Crippen LogP contribution in [0.3, 0.4) is 0 Å². The Morgan fingerprint density at radius 1 is 1.58 bits per heavy atom. The largest absolute Gasteiger partial charge is 0.481 e. The van der Waals surface area contributed by atoms with Gasteiger partial charge in [0.25, 0.3) is 0 Å². The quantitative estimate of drug-likeness (QED) is 0.793. The Kier molecular flexibility index (Phi) is 3.40. The fourth-order valence-electron chi connectivity index (χ4n) is 2.21. The molecule has 0 spiro atoms. The normalized spacial score (nSPS) is 20.5. The van der Waals surface area contributed by atoms with Gasteiger partial charge in [-0.2, -0.15) is 0 Å². The molecule has 2 heterocycles. The number of hydrogen-bond donors (Lipinski definition) is 2. The van der Waals surface area contributed by atoms with Gasteiger partial charge in [0.05, 0.1) is 5.92 Å². The van der Waals surface area contributed by atoms with Crippen molar-refractivity contribution in [3.63, 3.8) is 0 Å². The fraction of sp³-hybridized carbons (Fsp3) is 0.600. The summed E-state index contributed by atoms with van der Waals surface area (Å²) in [6, 6.07) is 0. The molecule has 0 aromatic carbocycles. The number of carboxylic acids is 1. The number of rotatable bonds is 3. The molecule has 106 valence electrons. The standard InChI is InChI=1S/C10H15N3O5S/c1-19(16,17)7-8(11)18-12-9(7)13-4-2-3-6(5-13)10(14)15/h6H,2-5,11H2,1H3,(H,14,15). The van der Waals surface area contributed by atoms with Crippen molar-refractivity contribution in [2.45, 2.75) is 17.7 Å². The van der Waals surface area contributed by atoms with Crippen LogP contribution < -0.4 is 10.6 Å². The number of hydrogen-bond acceptors (Lipinski definition) is 7. The number of nitrogen functional groups attached to an aromatic ring is 1. The van der Waals surface area contributed by atoms with Crippen LogP contribution in [0, 0.1) is 5.92 Å². The van der Waals surface area contributed by atoms with Gasteiger partial charge in [-0.15, -0.1) is 0 Å². The minimum Gasteiger partial charge on any atom is -0.481 e. The Balaban J connectivity index is 2.35. The fourth-order valence-corrected chi connectivity index (χ4v) is 3.11. The number of anilines is 2. The van der Waals surface area contributed by atoms with E-state index in [9.17, 15) is 13.2 Å². The number of aliphatic carboxylic acids is 1. The van der Waals surface area contributed by atoms with Gasteiger partial charge in [0, 0.05) is 19.3 Å². The second-order valence-electron chi connectivity index (χ2n) is 4.60. The van der Waals surface area contributed by atoms with Crippen molar-refractivity contribution in [3.05, 3.63) is 0 Å². The highest BCUT2D eigenvalue weighted by molar-refractivity contribution is 7.91. The Morgan fingerprint density at radius 2 is 2.26 bits per heavy atom. The van der Waals surface area contributed by atoms with E-state index in [1.54, 1.807) is 4.90 Å². The van der Waals surface area contributed by atoms with E-state index in [1.807, 2.05) is 0 Å². The lowest BCUT2D eigenvalue weighted by molar-refractivity contribution is -0.141. The molecule has 1 unspecified atom stereocenters. The van der Waals surface area contributed by atoms with Crippen LogP contribution in [0.4, 0.5) is 11.7 Å². The van der Waals surface area contributed by atoms with Gasteiger partial charge in [-0.1, -0.05) is 5.16 Å². The smallest absolute Gasteiger partial charge is 0.308 e. The van der Waals surface area contributed by atoms with Crippen LogP contribution in [-0.2, 0) is 14.6 Å². The van der Waals surface area contributed by atoms with E-state index in [4.69, 9.17) is 15.4 Å². The second kappa shape index (κ2) is 4.72. The molecule has 0 radical (unpaired) electrons. The first-order valence-corrected chi connectivity index (χ1v) is 7.63. The summed E-state index contributed by atoms with van der Waals surface area (Å²) in [5.74, 6) is -1.61. The molecule has 1 aliphatic heterocycles. The molecule has 1 saturated heterocycles. The van der Waals surface area contributed by atoms with Crippen LogP contribution in [0.15, 0.2) is 9.42 Å². The van der Waals surface area contributed by atoms with Gasteiger partial charge in [-0.05, 0) is 12.8 Å². The van der Waals surface area contributed by atoms with Crippen LogP contribution in [-0.4, -0.2) is 44.0 Å². The van der Waals surface area contributed by atoms with E-state index in [0.717, 1.165) is 6.26 Å². The van der Waals surface area contributed by atoms with Crippen molar-refractivity contribution < 1.29 is 22.8 Å². The number of sulfone groups is 1. The van der Waals surface area contributed by atoms with Gasteiger partial charge >= 0.3 is 5.97 Å². The zero-order valence-corrected chi connectivity index (χ0v) is 11.2. The van der Waals surface area contributed by atoms with Crippen molar-refractivity contribution in [1.29, 1.82) is 0 Å². The maximum Gasteiger partial charge on any atom is 0.308 e. The van der Waals surface area contributed by atoms with E-state index in [1.165, 1.54) is 0 Å². The molecular formula is C10H15N3O5S. The number of carboxylic acid groups (broad SMARTS) is 1. The Bertz CT molecular complexity index is 594. The van der Waals surface area contributed by atoms with Crippen LogP contribution in [0.1, 0.15) is 12.8 Å². The lowest BCUT2D eigenvalue weighted by Crippen LogP contribution is -2.39. The highest BCUT2D eigenvalue weighted by Gasteiger charge is 2.32. The molecule has 8 nitrogen and oxygen atoms in total. The SMILES string of the molecule is CS(=O)(=O)c1c(N2CCCC(C(=O)O)C2)noc1N. The Hall–Kier alpha value is -1.77. The van der Waals surface area contributed by atoms with E-state index in [2.05, 4.69) is 5.16 Å². The number of nitrogens with two attached hydrogens (primary N) is 1. The number of piperidine rings is 1. The minimum absolute atomic E-state index is 0.103. The van der Waals surface area contributed by atoms with Crippen LogP contribution in [0.5, 0.6) is 0 Å². The molecule has 19 heavy (non-hydrogen) atoms. The molecule has 2 rings (SSSR count). The summed E-state index contributed by atoms with van der Waals surface area (Å²) in [5.41, 5.74) is 5.48. The third-order valence-electron chi connectivity index (χ3n) is 3.10. The molecule has 1 atom stereocenters. The van der Waals surface area contributed by atoms with Gasteiger partial charge in [-0.25, -0.2) is 8.42 Å². The predicted molar refractivity (Wildman–Crippen MR) is 66.6 cm³/mol. The first-order valence-electron chi connectivity index (χ1n) is 5.73. The van der Waals surface area contributed by atoms with Gasteiger partial charge in [0.2, 0.25) is 5.88 Å². The molecule has 0 saturated carbocycles. The predicted octanol–water partition coefficient (Wildman–Crippen LogP) is -0.0387. The third kappa shape index (κ3) is 2.65. The third-order valence-corrected chi connectivity index (χ3v) is 4.22. The van der Waals surface area contributed by atoms with Crippen molar-refractivity contribution in [1.82, 2.24) is 5.16 Å². The molecule has 1 aliphatic rings. The summed E-state index contributed by atoms with van der Waals surface area (Å²) in [7, 11) is -3.58. The Labute approximate surface area is 110 Å². The number of aromatic nitrogens is 1. The average molecular weight is 289 g/mol. The summed E-state index contributed by atoms with van der Waals surface area (Å²) in [6.45, 7) is 0.724. The molecule has 1 aromatic heterocycles. The lowest BCUT2D eigenvalue weighted by atomic mass is 9.98. The summed E-state index contributed by atoms with van der Waals surface area (Å²) >= 11 is 0. The molecule has 0 amide bonds. The van der Waals surface area contributed by atoms with E-state index in [0.29, 0.717) is 19.4 Å². The lowest BCUT2D eigenvalue weighted by Gasteiger charge is -2.30. The summed E-state index contributed by atoms with van der Waals surface area (Å²) in [6.07, 6.45) is 2.22. The van der Waals surface area contributed by atoms with Crippen LogP contribution in [0.25, 0.3) is 0 Å². The summed E-state index contributed by atoms with van der Waals surface area (Å²) in [5, 5.41) is 12.7. The monoisotopic (exact) mass is 289 g/mol. The molecular weight excluding hydrogens is 274 g/mol. The van der Waals surface area contributed by atoms with Gasteiger partial charge in [0.15, 0.2) is 20.6 Å². The first-order chi connectivity index (χ1) is 8.80. The maximum absolute atomic E-state index is 11.7. The van der Waals surface area contributed by atoms with Gasteiger partial charge < -0.3 is 20.3 Å². The number of carbonyl (C=O) groups is 1. The van der Waals surface area contributed by atoms with Crippen LogP contribution in [0.2, 0.25) is 0 Å².